The summed E-state index contributed by atoms with van der Waals surface area (Å²) < 4.78 is 2.45. The van der Waals surface area contributed by atoms with Crippen LogP contribution < -0.4 is 4.90 Å². The molecule has 2 nitrogen and oxygen atoms in total. The Morgan fingerprint density at radius 2 is 0.923 bits per heavy atom. The first-order chi connectivity index (χ1) is 25.8. The van der Waals surface area contributed by atoms with Crippen LogP contribution >= 0.6 is 0 Å². The van der Waals surface area contributed by atoms with Gasteiger partial charge < -0.3 is 9.47 Å². The molecule has 0 fully saturated rings. The standard InChI is InChI=1S/C50H34N2/c1-3-13-35(14-4-1)37-27-30-42(31-28-37)51(41-18-5-2-6-19-41)43-20-11-21-44(34-43)52-47-24-12-23-46(40-26-25-36-15-7-8-17-39(36)33-40)50(47)49-45-22-10-9-16-38(45)29-32-48(49)52/h1-34H. The molecule has 0 aliphatic carbocycles. The van der Waals surface area contributed by atoms with E-state index in [9.17, 15) is 0 Å². The van der Waals surface area contributed by atoms with Crippen LogP contribution in [0.5, 0.6) is 0 Å². The highest BCUT2D eigenvalue weighted by Crippen LogP contribution is 2.43. The predicted molar refractivity (Wildman–Crippen MR) is 221 cm³/mol. The van der Waals surface area contributed by atoms with E-state index in [0.29, 0.717) is 0 Å². The lowest BCUT2D eigenvalue weighted by molar-refractivity contribution is 1.17. The van der Waals surface area contributed by atoms with Crippen LogP contribution in [0.3, 0.4) is 0 Å². The van der Waals surface area contributed by atoms with Gasteiger partial charge in [0.25, 0.3) is 0 Å². The van der Waals surface area contributed by atoms with Gasteiger partial charge in [-0.05, 0) is 104 Å². The number of benzene rings is 9. The molecule has 9 aromatic carbocycles. The van der Waals surface area contributed by atoms with Gasteiger partial charge in [0.2, 0.25) is 0 Å². The summed E-state index contributed by atoms with van der Waals surface area (Å²) in [7, 11) is 0. The van der Waals surface area contributed by atoms with Crippen LogP contribution in [-0.4, -0.2) is 4.57 Å². The Labute approximate surface area is 303 Å². The maximum absolute atomic E-state index is 2.45. The van der Waals surface area contributed by atoms with Gasteiger partial charge in [-0.15, -0.1) is 0 Å². The number of hydrogen-bond acceptors (Lipinski definition) is 1. The van der Waals surface area contributed by atoms with Crippen molar-refractivity contribution in [2.45, 2.75) is 0 Å². The lowest BCUT2D eigenvalue weighted by Crippen LogP contribution is -2.10. The van der Waals surface area contributed by atoms with Crippen molar-refractivity contribution in [1.82, 2.24) is 4.57 Å². The lowest BCUT2D eigenvalue weighted by Gasteiger charge is -2.26. The zero-order valence-corrected chi connectivity index (χ0v) is 28.5. The molecule has 2 heteroatoms. The average Bonchev–Trinajstić information content (AvgIpc) is 3.57. The van der Waals surface area contributed by atoms with Crippen LogP contribution in [0.4, 0.5) is 17.1 Å². The maximum atomic E-state index is 2.45. The van der Waals surface area contributed by atoms with Crippen molar-refractivity contribution < 1.29 is 0 Å². The van der Waals surface area contributed by atoms with Gasteiger partial charge in [0, 0.05) is 33.5 Å². The monoisotopic (exact) mass is 662 g/mol. The summed E-state index contributed by atoms with van der Waals surface area (Å²) in [5, 5.41) is 7.55. The third kappa shape index (κ3) is 5.04. The normalized spacial score (nSPS) is 11.5. The third-order valence-electron chi connectivity index (χ3n) is 10.3. The van der Waals surface area contributed by atoms with Crippen molar-refractivity contribution in [1.29, 1.82) is 0 Å². The first-order valence-electron chi connectivity index (χ1n) is 17.9. The van der Waals surface area contributed by atoms with E-state index in [1.807, 2.05) is 0 Å². The minimum atomic E-state index is 1.10. The summed E-state index contributed by atoms with van der Waals surface area (Å²) in [4.78, 5) is 2.35. The zero-order valence-electron chi connectivity index (χ0n) is 28.5. The predicted octanol–water partition coefficient (Wildman–Crippen LogP) is 13.9. The molecule has 0 atom stereocenters. The lowest BCUT2D eigenvalue weighted by atomic mass is 9.95. The first kappa shape index (κ1) is 30.0. The van der Waals surface area contributed by atoms with E-state index in [2.05, 4.69) is 216 Å². The average molecular weight is 663 g/mol. The molecule has 0 aliphatic rings. The van der Waals surface area contributed by atoms with Crippen molar-refractivity contribution in [3.05, 3.63) is 206 Å². The molecule has 244 valence electrons. The topological polar surface area (TPSA) is 8.17 Å². The van der Waals surface area contributed by atoms with E-state index in [1.54, 1.807) is 0 Å². The van der Waals surface area contributed by atoms with Gasteiger partial charge in [-0.25, -0.2) is 0 Å². The second kappa shape index (κ2) is 12.5. The van der Waals surface area contributed by atoms with Crippen LogP contribution in [-0.2, 0) is 0 Å². The Morgan fingerprint density at radius 3 is 1.75 bits per heavy atom. The number of rotatable bonds is 6. The number of aromatic nitrogens is 1. The van der Waals surface area contributed by atoms with Crippen molar-refractivity contribution in [2.24, 2.45) is 0 Å². The molecular formula is C50H34N2. The molecule has 0 aliphatic heterocycles. The summed E-state index contributed by atoms with van der Waals surface area (Å²) in [6, 6.07) is 74.6. The highest BCUT2D eigenvalue weighted by molar-refractivity contribution is 6.25. The number of anilines is 3. The minimum Gasteiger partial charge on any atom is -0.310 e. The zero-order chi connectivity index (χ0) is 34.4. The molecule has 0 bridgehead atoms. The van der Waals surface area contributed by atoms with Gasteiger partial charge in [0.05, 0.1) is 11.0 Å². The van der Waals surface area contributed by atoms with E-state index in [1.165, 1.54) is 65.6 Å². The van der Waals surface area contributed by atoms with Gasteiger partial charge in [-0.1, -0.05) is 146 Å². The summed E-state index contributed by atoms with van der Waals surface area (Å²) in [6.07, 6.45) is 0. The Bertz CT molecular complexity index is 2890. The third-order valence-corrected chi connectivity index (χ3v) is 10.3. The summed E-state index contributed by atoms with van der Waals surface area (Å²) >= 11 is 0. The Morgan fingerprint density at radius 1 is 0.327 bits per heavy atom. The second-order valence-electron chi connectivity index (χ2n) is 13.4. The molecule has 0 spiro atoms. The Hall–Kier alpha value is -6.90. The molecule has 0 N–H and O–H groups in total. The van der Waals surface area contributed by atoms with Crippen molar-refractivity contribution in [3.8, 4) is 27.9 Å². The summed E-state index contributed by atoms with van der Waals surface area (Å²) in [6.45, 7) is 0. The fourth-order valence-electron chi connectivity index (χ4n) is 7.93. The maximum Gasteiger partial charge on any atom is 0.0547 e. The summed E-state index contributed by atoms with van der Waals surface area (Å²) in [5.41, 5.74) is 11.7. The van der Waals surface area contributed by atoms with Crippen molar-refractivity contribution >= 4 is 60.4 Å². The number of nitrogens with zero attached hydrogens (tertiary/aromatic N) is 2. The fourth-order valence-corrected chi connectivity index (χ4v) is 7.93. The van der Waals surface area contributed by atoms with E-state index < -0.39 is 0 Å². The van der Waals surface area contributed by atoms with Crippen LogP contribution in [0.15, 0.2) is 206 Å². The molecule has 0 unspecified atom stereocenters. The van der Waals surface area contributed by atoms with E-state index in [-0.39, 0.29) is 0 Å². The molecule has 10 aromatic rings. The molecule has 0 saturated carbocycles. The molecule has 0 radical (unpaired) electrons. The Kier molecular flexibility index (Phi) is 7.18. The van der Waals surface area contributed by atoms with E-state index >= 15 is 0 Å². The van der Waals surface area contributed by atoms with E-state index in [4.69, 9.17) is 0 Å². The minimum absolute atomic E-state index is 1.10. The van der Waals surface area contributed by atoms with Crippen molar-refractivity contribution in [3.63, 3.8) is 0 Å². The molecule has 0 amide bonds. The summed E-state index contributed by atoms with van der Waals surface area (Å²) in [5.74, 6) is 0. The van der Waals surface area contributed by atoms with Crippen LogP contribution in [0.2, 0.25) is 0 Å². The SMILES string of the molecule is c1ccc(-c2ccc(N(c3ccccc3)c3cccc(-n4c5cccc(-c6ccc7ccccc7c6)c5c5c6ccccc6ccc54)c3)cc2)cc1. The second-order valence-corrected chi connectivity index (χ2v) is 13.4. The highest BCUT2D eigenvalue weighted by atomic mass is 15.1. The van der Waals surface area contributed by atoms with Gasteiger partial charge >= 0.3 is 0 Å². The molecular weight excluding hydrogens is 629 g/mol. The molecule has 0 saturated heterocycles. The molecule has 1 aromatic heterocycles. The van der Waals surface area contributed by atoms with Crippen LogP contribution in [0.1, 0.15) is 0 Å². The van der Waals surface area contributed by atoms with Gasteiger partial charge in [-0.3, -0.25) is 0 Å². The molecule has 10 rings (SSSR count). The highest BCUT2D eigenvalue weighted by Gasteiger charge is 2.20. The molecule has 1 heterocycles. The van der Waals surface area contributed by atoms with Gasteiger partial charge in [-0.2, -0.15) is 0 Å². The smallest absolute Gasteiger partial charge is 0.0547 e. The molecule has 52 heavy (non-hydrogen) atoms. The number of fused-ring (bicyclic) bond motifs is 6. The Balaban J connectivity index is 1.19. The van der Waals surface area contributed by atoms with Crippen LogP contribution in [0, 0.1) is 0 Å². The number of hydrogen-bond donors (Lipinski definition) is 0. The van der Waals surface area contributed by atoms with Crippen molar-refractivity contribution in [2.75, 3.05) is 4.90 Å². The quantitative estimate of drug-likeness (QED) is 0.172. The largest absolute Gasteiger partial charge is 0.310 e. The van der Waals surface area contributed by atoms with Gasteiger partial charge in [0.15, 0.2) is 0 Å². The van der Waals surface area contributed by atoms with Crippen LogP contribution in [0.25, 0.3) is 71.3 Å². The number of para-hydroxylation sites is 1. The fraction of sp³-hybridized carbons (Fsp3) is 0. The van der Waals surface area contributed by atoms with Gasteiger partial charge in [0.1, 0.15) is 0 Å². The van der Waals surface area contributed by atoms with E-state index in [0.717, 1.165) is 22.7 Å². The first-order valence-corrected chi connectivity index (χ1v) is 17.9.